The van der Waals surface area contributed by atoms with Gasteiger partial charge in [0.1, 0.15) is 6.54 Å². The van der Waals surface area contributed by atoms with E-state index in [1.807, 2.05) is 12.1 Å². The van der Waals surface area contributed by atoms with Crippen LogP contribution in [0.3, 0.4) is 0 Å². The molecule has 1 saturated heterocycles. The monoisotopic (exact) mass is 371 g/mol. The van der Waals surface area contributed by atoms with Crippen molar-refractivity contribution in [1.29, 1.82) is 0 Å². The first-order valence-corrected chi connectivity index (χ1v) is 8.07. The van der Waals surface area contributed by atoms with E-state index in [1.54, 1.807) is 12.1 Å². The molecular weight excluding hydrogens is 358 g/mol. The number of nitrogens with zero attached hydrogens (tertiary/aromatic N) is 1. The highest BCUT2D eigenvalue weighted by atomic mass is 79.9. The number of hydrogen-bond acceptors (Lipinski definition) is 4. The molecule has 1 fully saturated rings. The van der Waals surface area contributed by atoms with Gasteiger partial charge < -0.3 is 15.5 Å². The second-order valence-electron chi connectivity index (χ2n) is 4.34. The topological polar surface area (TPSA) is 78.5 Å². The molecule has 1 aliphatic heterocycles. The lowest BCUT2D eigenvalue weighted by molar-refractivity contribution is -0.124. The van der Waals surface area contributed by atoms with Crippen LogP contribution in [0, 0.1) is 0 Å². The molecule has 2 N–H and O–H groups in total. The Labute approximate surface area is 134 Å². The third kappa shape index (κ3) is 4.75. The molecule has 0 aliphatic carbocycles. The highest BCUT2D eigenvalue weighted by Crippen LogP contribution is 2.20. The summed E-state index contributed by atoms with van der Waals surface area (Å²) in [7, 11) is 0. The van der Waals surface area contributed by atoms with Gasteiger partial charge in [0, 0.05) is 16.8 Å². The zero-order chi connectivity index (χ0) is 15.2. The predicted molar refractivity (Wildman–Crippen MR) is 85.2 cm³/mol. The Morgan fingerprint density at radius 3 is 2.71 bits per heavy atom. The van der Waals surface area contributed by atoms with E-state index in [9.17, 15) is 14.4 Å². The van der Waals surface area contributed by atoms with Crippen LogP contribution in [0.4, 0.5) is 10.5 Å². The van der Waals surface area contributed by atoms with Crippen molar-refractivity contribution in [3.8, 4) is 0 Å². The van der Waals surface area contributed by atoms with E-state index in [2.05, 4.69) is 26.6 Å². The fourth-order valence-electron chi connectivity index (χ4n) is 1.73. The summed E-state index contributed by atoms with van der Waals surface area (Å²) in [5, 5.41) is 5.09. The lowest BCUT2D eigenvalue weighted by atomic mass is 10.3. The van der Waals surface area contributed by atoms with E-state index >= 15 is 0 Å². The summed E-state index contributed by atoms with van der Waals surface area (Å²) in [6.45, 7) is 0.434. The molecule has 1 aromatic carbocycles. The minimum Gasteiger partial charge on any atom is -0.345 e. The maximum absolute atomic E-state index is 11.7. The fraction of sp³-hybridized carbons (Fsp3) is 0.308. The molecule has 3 amide bonds. The third-order valence-electron chi connectivity index (χ3n) is 2.77. The highest BCUT2D eigenvalue weighted by Gasteiger charge is 2.23. The summed E-state index contributed by atoms with van der Waals surface area (Å²) in [5.41, 5.74) is 0.642. The Bertz CT molecular complexity index is 567. The van der Waals surface area contributed by atoms with Crippen molar-refractivity contribution in [3.05, 3.63) is 28.7 Å². The van der Waals surface area contributed by atoms with Crippen molar-refractivity contribution in [2.45, 2.75) is 0 Å². The van der Waals surface area contributed by atoms with E-state index in [0.29, 0.717) is 18.0 Å². The lowest BCUT2D eigenvalue weighted by Gasteiger charge is -2.14. The summed E-state index contributed by atoms with van der Waals surface area (Å²) in [4.78, 5) is 36.2. The number of amides is 3. The predicted octanol–water partition coefficient (Wildman–Crippen LogP) is 1.67. The molecule has 0 aromatic heterocycles. The Morgan fingerprint density at radius 1 is 1.29 bits per heavy atom. The molecule has 0 spiro atoms. The van der Waals surface area contributed by atoms with Gasteiger partial charge in [-0.2, -0.15) is 0 Å². The van der Waals surface area contributed by atoms with Crippen molar-refractivity contribution >= 4 is 50.4 Å². The zero-order valence-electron chi connectivity index (χ0n) is 11.1. The van der Waals surface area contributed by atoms with Crippen molar-refractivity contribution in [2.75, 3.05) is 30.7 Å². The van der Waals surface area contributed by atoms with Crippen molar-refractivity contribution in [3.63, 3.8) is 0 Å². The largest absolute Gasteiger partial charge is 0.345 e. The minimum absolute atomic E-state index is 0.00581. The number of thioether (sulfide) groups is 1. The van der Waals surface area contributed by atoms with Gasteiger partial charge >= 0.3 is 0 Å². The van der Waals surface area contributed by atoms with Crippen LogP contribution >= 0.6 is 27.7 Å². The molecule has 0 saturated carbocycles. The van der Waals surface area contributed by atoms with Gasteiger partial charge in [-0.1, -0.05) is 23.9 Å². The number of para-hydroxylation sites is 1. The molecule has 112 valence electrons. The van der Waals surface area contributed by atoms with Gasteiger partial charge in [-0.05, 0) is 28.1 Å². The standard InChI is InChI=1S/C13H14BrN3O3S/c14-9-3-1-2-4-10(9)16-11(18)7-15-12(19)8-17-5-6-21-13(17)20/h1-4H,5-8H2,(H,15,19)(H,16,18). The average molecular weight is 372 g/mol. The second-order valence-corrected chi connectivity index (χ2v) is 6.24. The molecule has 0 atom stereocenters. The first-order valence-electron chi connectivity index (χ1n) is 6.29. The van der Waals surface area contributed by atoms with Crippen molar-refractivity contribution in [1.82, 2.24) is 10.2 Å². The molecule has 6 nitrogen and oxygen atoms in total. The number of rotatable bonds is 5. The molecule has 21 heavy (non-hydrogen) atoms. The maximum Gasteiger partial charge on any atom is 0.282 e. The summed E-state index contributed by atoms with van der Waals surface area (Å²) < 4.78 is 0.768. The lowest BCUT2D eigenvalue weighted by Crippen LogP contribution is -2.40. The molecule has 0 unspecified atom stereocenters. The Morgan fingerprint density at radius 2 is 2.05 bits per heavy atom. The van der Waals surface area contributed by atoms with Crippen LogP contribution in [0.25, 0.3) is 0 Å². The van der Waals surface area contributed by atoms with Gasteiger partial charge in [0.25, 0.3) is 5.24 Å². The Kier molecular flexibility index (Phi) is 5.63. The first-order chi connectivity index (χ1) is 10.1. The van der Waals surface area contributed by atoms with Crippen molar-refractivity contribution in [2.24, 2.45) is 0 Å². The van der Waals surface area contributed by atoms with Gasteiger partial charge in [-0.25, -0.2) is 0 Å². The molecule has 2 rings (SSSR count). The van der Waals surface area contributed by atoms with Crippen LogP contribution in [0.15, 0.2) is 28.7 Å². The van der Waals surface area contributed by atoms with Crippen molar-refractivity contribution < 1.29 is 14.4 Å². The van der Waals surface area contributed by atoms with Gasteiger partial charge in [0.15, 0.2) is 0 Å². The van der Waals surface area contributed by atoms with Crippen LogP contribution in [0.1, 0.15) is 0 Å². The van der Waals surface area contributed by atoms with Gasteiger partial charge in [-0.3, -0.25) is 14.4 Å². The van der Waals surface area contributed by atoms with E-state index in [-0.39, 0.29) is 30.1 Å². The van der Waals surface area contributed by atoms with Gasteiger partial charge in [0.05, 0.1) is 12.2 Å². The number of benzene rings is 1. The van der Waals surface area contributed by atoms with Gasteiger partial charge in [-0.15, -0.1) is 0 Å². The van der Waals surface area contributed by atoms with Crippen LogP contribution in [0.5, 0.6) is 0 Å². The molecular formula is C13H14BrN3O3S. The SMILES string of the molecule is O=C(CN1CCSC1=O)NCC(=O)Nc1ccccc1Br. The number of carbonyl (C=O) groups excluding carboxylic acids is 3. The van der Waals surface area contributed by atoms with E-state index < -0.39 is 0 Å². The highest BCUT2D eigenvalue weighted by molar-refractivity contribution is 9.10. The Hall–Kier alpha value is -1.54. The number of hydrogen-bond donors (Lipinski definition) is 2. The van der Waals surface area contributed by atoms with E-state index in [1.165, 1.54) is 16.7 Å². The zero-order valence-corrected chi connectivity index (χ0v) is 13.5. The minimum atomic E-state index is -0.340. The summed E-state index contributed by atoms with van der Waals surface area (Å²) in [6.07, 6.45) is 0. The third-order valence-corrected chi connectivity index (χ3v) is 4.36. The molecule has 8 heteroatoms. The summed E-state index contributed by atoms with van der Waals surface area (Å²) in [6, 6.07) is 7.21. The number of anilines is 1. The van der Waals surface area contributed by atoms with E-state index in [0.717, 1.165) is 4.47 Å². The quantitative estimate of drug-likeness (QED) is 0.824. The molecule has 1 aromatic rings. The van der Waals surface area contributed by atoms with Crippen LogP contribution < -0.4 is 10.6 Å². The van der Waals surface area contributed by atoms with Crippen LogP contribution in [-0.2, 0) is 9.59 Å². The van der Waals surface area contributed by atoms with Crippen LogP contribution in [0.2, 0.25) is 0 Å². The fourth-order valence-corrected chi connectivity index (χ4v) is 2.94. The Balaban J connectivity index is 1.75. The average Bonchev–Trinajstić information content (AvgIpc) is 2.85. The normalized spacial score (nSPS) is 14.1. The smallest absolute Gasteiger partial charge is 0.282 e. The molecule has 0 bridgehead atoms. The molecule has 0 radical (unpaired) electrons. The second kappa shape index (κ2) is 7.46. The first kappa shape index (κ1) is 15.8. The van der Waals surface area contributed by atoms with Crippen LogP contribution in [-0.4, -0.2) is 47.3 Å². The molecule has 1 heterocycles. The number of halogens is 1. The summed E-state index contributed by atoms with van der Waals surface area (Å²) in [5.74, 6) is 0.0414. The maximum atomic E-state index is 11.7. The number of carbonyl (C=O) groups is 3. The molecule has 1 aliphatic rings. The summed E-state index contributed by atoms with van der Waals surface area (Å²) >= 11 is 4.52. The van der Waals surface area contributed by atoms with Gasteiger partial charge in [0.2, 0.25) is 11.8 Å². The number of nitrogens with one attached hydrogen (secondary N) is 2. The van der Waals surface area contributed by atoms with E-state index in [4.69, 9.17) is 0 Å².